The van der Waals surface area contributed by atoms with Crippen molar-refractivity contribution in [1.29, 1.82) is 0 Å². The Kier molecular flexibility index (Phi) is 3.41. The van der Waals surface area contributed by atoms with Crippen molar-refractivity contribution in [3.8, 4) is 0 Å². The van der Waals surface area contributed by atoms with E-state index in [9.17, 15) is 9.18 Å². The van der Waals surface area contributed by atoms with Gasteiger partial charge >= 0.3 is 0 Å². The van der Waals surface area contributed by atoms with Crippen molar-refractivity contribution in [3.05, 3.63) is 29.0 Å². The minimum atomic E-state index is -0.469. The van der Waals surface area contributed by atoms with Crippen molar-refractivity contribution in [1.82, 2.24) is 5.32 Å². The van der Waals surface area contributed by atoms with Crippen molar-refractivity contribution in [3.63, 3.8) is 0 Å². The van der Waals surface area contributed by atoms with Gasteiger partial charge in [-0.15, -0.1) is 0 Å². The third kappa shape index (κ3) is 2.51. The summed E-state index contributed by atoms with van der Waals surface area (Å²) in [5.41, 5.74) is 0.143. The lowest BCUT2D eigenvalue weighted by Gasteiger charge is -2.10. The normalized spacial score (nSPS) is 19.8. The molecule has 1 heterocycles. The van der Waals surface area contributed by atoms with Crippen LogP contribution in [0.15, 0.2) is 18.2 Å². The first-order valence-electron chi connectivity index (χ1n) is 5.13. The van der Waals surface area contributed by atoms with Crippen LogP contribution in [0.25, 0.3) is 0 Å². The van der Waals surface area contributed by atoms with E-state index in [2.05, 4.69) is 10.6 Å². The van der Waals surface area contributed by atoms with E-state index in [1.807, 2.05) is 0 Å². The van der Waals surface area contributed by atoms with Crippen LogP contribution in [0.1, 0.15) is 6.42 Å². The molecule has 1 saturated heterocycles. The summed E-state index contributed by atoms with van der Waals surface area (Å²) in [6, 6.07) is 4.10. The predicted octanol–water partition coefficient (Wildman–Crippen LogP) is 2.03. The van der Waals surface area contributed by atoms with Crippen molar-refractivity contribution >= 4 is 23.2 Å². The lowest BCUT2D eigenvalue weighted by Crippen LogP contribution is -2.25. The molecule has 0 aromatic heterocycles. The lowest BCUT2D eigenvalue weighted by atomic mass is 10.1. The van der Waals surface area contributed by atoms with Gasteiger partial charge in [-0.1, -0.05) is 11.6 Å². The highest BCUT2D eigenvalue weighted by atomic mass is 35.5. The molecule has 0 saturated carbocycles. The number of nitrogens with one attached hydrogen (secondary N) is 2. The van der Waals surface area contributed by atoms with Gasteiger partial charge in [0, 0.05) is 11.6 Å². The van der Waals surface area contributed by atoms with Crippen LogP contribution in [0.3, 0.4) is 0 Å². The summed E-state index contributed by atoms with van der Waals surface area (Å²) < 4.78 is 13.3. The maximum Gasteiger partial charge on any atom is 0.228 e. The average molecular weight is 243 g/mol. The van der Waals surface area contributed by atoms with Gasteiger partial charge in [0.2, 0.25) is 5.91 Å². The summed E-state index contributed by atoms with van der Waals surface area (Å²) in [6.45, 7) is 1.48. The van der Waals surface area contributed by atoms with Crippen molar-refractivity contribution in [2.24, 2.45) is 5.92 Å². The smallest absolute Gasteiger partial charge is 0.228 e. The summed E-state index contributed by atoms with van der Waals surface area (Å²) in [5.74, 6) is -0.715. The molecule has 2 rings (SSSR count). The second-order valence-electron chi connectivity index (χ2n) is 3.80. The van der Waals surface area contributed by atoms with Crippen molar-refractivity contribution in [2.75, 3.05) is 18.4 Å². The molecule has 0 radical (unpaired) electrons. The van der Waals surface area contributed by atoms with E-state index in [0.717, 1.165) is 13.0 Å². The van der Waals surface area contributed by atoms with Gasteiger partial charge in [-0.25, -0.2) is 4.39 Å². The maximum absolute atomic E-state index is 13.3. The fourth-order valence-electron chi connectivity index (χ4n) is 1.71. The summed E-state index contributed by atoms with van der Waals surface area (Å²) in [5, 5.41) is 6.04. The van der Waals surface area contributed by atoms with Gasteiger partial charge in [0.25, 0.3) is 0 Å². The lowest BCUT2D eigenvalue weighted by molar-refractivity contribution is -0.119. The topological polar surface area (TPSA) is 41.1 Å². The Bertz CT molecular complexity index is 405. The Hall–Kier alpha value is -1.13. The zero-order valence-electron chi connectivity index (χ0n) is 8.59. The largest absolute Gasteiger partial charge is 0.323 e. The molecular weight excluding hydrogens is 231 g/mol. The maximum atomic E-state index is 13.3. The number of hydrogen-bond donors (Lipinski definition) is 2. The number of halogens is 2. The van der Waals surface area contributed by atoms with E-state index < -0.39 is 5.82 Å². The van der Waals surface area contributed by atoms with E-state index in [1.54, 1.807) is 0 Å². The van der Waals surface area contributed by atoms with Crippen LogP contribution in [0.5, 0.6) is 0 Å². The van der Waals surface area contributed by atoms with Gasteiger partial charge in [0.15, 0.2) is 0 Å². The van der Waals surface area contributed by atoms with Crippen LogP contribution < -0.4 is 10.6 Å². The van der Waals surface area contributed by atoms with E-state index >= 15 is 0 Å². The molecule has 0 bridgehead atoms. The quantitative estimate of drug-likeness (QED) is 0.833. The molecule has 16 heavy (non-hydrogen) atoms. The number of carbonyl (C=O) groups excluding carboxylic acids is 1. The molecule has 0 spiro atoms. The molecule has 3 nitrogen and oxygen atoms in total. The fraction of sp³-hybridized carbons (Fsp3) is 0.364. The highest BCUT2D eigenvalue weighted by molar-refractivity contribution is 6.30. The van der Waals surface area contributed by atoms with Crippen LogP contribution in [0.4, 0.5) is 10.1 Å². The van der Waals surface area contributed by atoms with Crippen LogP contribution in [0.2, 0.25) is 5.02 Å². The number of hydrogen-bond acceptors (Lipinski definition) is 2. The second kappa shape index (κ2) is 4.80. The SMILES string of the molecule is O=C(Nc1cc(Cl)ccc1F)C1CCNC1. The zero-order chi connectivity index (χ0) is 11.5. The van der Waals surface area contributed by atoms with Gasteiger partial charge in [-0.05, 0) is 31.2 Å². The Morgan fingerprint density at radius 2 is 2.38 bits per heavy atom. The Morgan fingerprint density at radius 3 is 3.06 bits per heavy atom. The van der Waals surface area contributed by atoms with Crippen LogP contribution in [0, 0.1) is 11.7 Å². The van der Waals surface area contributed by atoms with Crippen LogP contribution in [-0.2, 0) is 4.79 Å². The van der Waals surface area contributed by atoms with Gasteiger partial charge in [-0.3, -0.25) is 4.79 Å². The third-order valence-corrected chi connectivity index (χ3v) is 2.85. The van der Waals surface area contributed by atoms with E-state index in [0.29, 0.717) is 11.6 Å². The van der Waals surface area contributed by atoms with E-state index in [1.165, 1.54) is 18.2 Å². The first kappa shape index (κ1) is 11.4. The molecule has 1 aliphatic rings. The summed E-state index contributed by atoms with van der Waals surface area (Å²) in [4.78, 5) is 11.7. The standard InChI is InChI=1S/C11H12ClFN2O/c12-8-1-2-9(13)10(5-8)15-11(16)7-3-4-14-6-7/h1-2,5,7,14H,3-4,6H2,(H,15,16). The second-order valence-corrected chi connectivity index (χ2v) is 4.24. The number of rotatable bonds is 2. The molecule has 1 atom stereocenters. The molecule has 1 unspecified atom stereocenters. The summed E-state index contributed by atoms with van der Waals surface area (Å²) in [6.07, 6.45) is 0.786. The third-order valence-electron chi connectivity index (χ3n) is 2.62. The molecule has 1 aromatic carbocycles. The predicted molar refractivity (Wildman–Crippen MR) is 61.0 cm³/mol. The zero-order valence-corrected chi connectivity index (χ0v) is 9.35. The van der Waals surface area contributed by atoms with E-state index in [4.69, 9.17) is 11.6 Å². The average Bonchev–Trinajstić information content (AvgIpc) is 2.76. The highest BCUT2D eigenvalue weighted by Gasteiger charge is 2.23. The van der Waals surface area contributed by atoms with Gasteiger partial charge < -0.3 is 10.6 Å². The molecule has 1 aromatic rings. The number of amides is 1. The fourth-order valence-corrected chi connectivity index (χ4v) is 1.88. The monoisotopic (exact) mass is 242 g/mol. The molecule has 86 valence electrons. The van der Waals surface area contributed by atoms with Crippen molar-refractivity contribution < 1.29 is 9.18 Å². The summed E-state index contributed by atoms with van der Waals surface area (Å²) in [7, 11) is 0. The molecule has 1 amide bonds. The molecule has 2 N–H and O–H groups in total. The van der Waals surface area contributed by atoms with Gasteiger partial charge in [0.05, 0.1) is 11.6 Å². The Labute approximate surface area is 98.0 Å². The minimum absolute atomic E-state index is 0.0848. The highest BCUT2D eigenvalue weighted by Crippen LogP contribution is 2.21. The number of anilines is 1. The molecule has 5 heteroatoms. The molecular formula is C11H12ClFN2O. The minimum Gasteiger partial charge on any atom is -0.323 e. The number of carbonyl (C=O) groups is 1. The first-order chi connectivity index (χ1) is 7.66. The Balaban J connectivity index is 2.07. The van der Waals surface area contributed by atoms with Gasteiger partial charge in [0.1, 0.15) is 5.82 Å². The Morgan fingerprint density at radius 1 is 1.56 bits per heavy atom. The van der Waals surface area contributed by atoms with E-state index in [-0.39, 0.29) is 17.5 Å². The number of benzene rings is 1. The van der Waals surface area contributed by atoms with Crippen LogP contribution in [-0.4, -0.2) is 19.0 Å². The van der Waals surface area contributed by atoms with Gasteiger partial charge in [-0.2, -0.15) is 0 Å². The van der Waals surface area contributed by atoms with Crippen molar-refractivity contribution in [2.45, 2.75) is 6.42 Å². The first-order valence-corrected chi connectivity index (χ1v) is 5.51. The summed E-state index contributed by atoms with van der Waals surface area (Å²) >= 11 is 5.73. The molecule has 0 aliphatic carbocycles. The molecule has 1 fully saturated rings. The molecule has 1 aliphatic heterocycles. The van der Waals surface area contributed by atoms with Crippen LogP contribution >= 0.6 is 11.6 Å².